The minimum absolute atomic E-state index is 0.105. The van der Waals surface area contributed by atoms with Gasteiger partial charge in [-0.3, -0.25) is 9.05 Å². The zero-order valence-electron chi connectivity index (χ0n) is 25.6. The first-order chi connectivity index (χ1) is 18.8. The summed E-state index contributed by atoms with van der Waals surface area (Å²) in [7, 11) is -9.25. The molecule has 2 N–H and O–H groups in total. The van der Waals surface area contributed by atoms with E-state index < -0.39 is 15.6 Å². The monoisotopic (exact) mass is 598 g/mol. The maximum absolute atomic E-state index is 12.7. The highest BCUT2D eigenvalue weighted by molar-refractivity contribution is 7.61. The van der Waals surface area contributed by atoms with Gasteiger partial charge in [0.15, 0.2) is 0 Å². The van der Waals surface area contributed by atoms with E-state index in [-0.39, 0.29) is 13.2 Å². The lowest BCUT2D eigenvalue weighted by Crippen LogP contribution is -2.02. The quantitative estimate of drug-likeness (QED) is 0.0586. The average molecular weight is 599 g/mol. The minimum atomic E-state index is -4.98. The van der Waals surface area contributed by atoms with Crippen LogP contribution in [0.15, 0.2) is 0 Å². The second-order valence-electron chi connectivity index (χ2n) is 11.2. The number of hydrogen-bond donors (Lipinski definition) is 2. The summed E-state index contributed by atoms with van der Waals surface area (Å²) in [5, 5.41) is 0. The summed E-state index contributed by atoms with van der Waals surface area (Å²) in [6.07, 6.45) is 31.5. The molecule has 0 rings (SSSR count). The smallest absolute Gasteiger partial charge is 0.302 e. The third kappa shape index (κ3) is 31.0. The van der Waals surface area contributed by atoms with Crippen molar-refractivity contribution in [3.8, 4) is 0 Å². The van der Waals surface area contributed by atoms with E-state index in [2.05, 4.69) is 18.2 Å². The summed E-state index contributed by atoms with van der Waals surface area (Å²) in [4.78, 5) is 18.3. The van der Waals surface area contributed by atoms with E-state index in [4.69, 9.17) is 18.8 Å². The van der Waals surface area contributed by atoms with E-state index in [0.717, 1.165) is 25.7 Å². The first-order valence-corrected chi connectivity index (χ1v) is 19.5. The van der Waals surface area contributed by atoms with E-state index in [1.165, 1.54) is 128 Å². The number of rotatable bonds is 32. The Kier molecular flexibility index (Phi) is 28.6. The molecule has 0 fully saturated rings. The van der Waals surface area contributed by atoms with E-state index in [1.807, 2.05) is 0 Å². The second kappa shape index (κ2) is 28.4. The van der Waals surface area contributed by atoms with Crippen LogP contribution in [0.2, 0.25) is 0 Å². The van der Waals surface area contributed by atoms with Crippen LogP contribution >= 0.6 is 15.6 Å². The van der Waals surface area contributed by atoms with Crippen LogP contribution in [0.4, 0.5) is 0 Å². The fourth-order valence-electron chi connectivity index (χ4n) is 4.81. The van der Waals surface area contributed by atoms with E-state index in [0.29, 0.717) is 12.8 Å². The van der Waals surface area contributed by atoms with Gasteiger partial charge in [-0.25, -0.2) is 9.13 Å². The van der Waals surface area contributed by atoms with Gasteiger partial charge in [0, 0.05) is 0 Å². The van der Waals surface area contributed by atoms with E-state index in [9.17, 15) is 9.13 Å². The van der Waals surface area contributed by atoms with Gasteiger partial charge in [-0.15, -0.1) is 0 Å². The Morgan fingerprint density at radius 3 is 0.872 bits per heavy atom. The molecule has 0 aliphatic rings. The average Bonchev–Trinajstić information content (AvgIpc) is 2.88. The van der Waals surface area contributed by atoms with Gasteiger partial charge in [-0.1, -0.05) is 168 Å². The fourth-order valence-corrected chi connectivity index (χ4v) is 7.01. The van der Waals surface area contributed by atoms with Crippen molar-refractivity contribution < 1.29 is 32.3 Å². The van der Waals surface area contributed by atoms with Gasteiger partial charge in [0.25, 0.3) is 0 Å². The van der Waals surface area contributed by atoms with Crippen molar-refractivity contribution in [1.82, 2.24) is 0 Å². The van der Waals surface area contributed by atoms with Crippen molar-refractivity contribution in [3.63, 3.8) is 0 Å². The third-order valence-corrected chi connectivity index (χ3v) is 9.85. The standard InChI is InChI=1S/C30H64O7P2/c1-3-5-7-9-11-13-15-17-19-21-23-25-27-29-35-39(34,37-38(31,32)33)36-30-28-26-24-22-20-18-16-14-12-10-8-6-4-2/h3-30H2,1-2H3,(H2,31,32,33). The number of phosphoric acid groups is 2. The summed E-state index contributed by atoms with van der Waals surface area (Å²) in [6, 6.07) is 0. The number of phosphoric ester groups is 1. The molecule has 0 aliphatic carbocycles. The van der Waals surface area contributed by atoms with Crippen LogP contribution in [-0.4, -0.2) is 23.0 Å². The summed E-state index contributed by atoms with van der Waals surface area (Å²) >= 11 is 0. The van der Waals surface area contributed by atoms with Crippen LogP contribution in [0.5, 0.6) is 0 Å². The molecule has 7 nitrogen and oxygen atoms in total. The predicted molar refractivity (Wildman–Crippen MR) is 164 cm³/mol. The molecule has 0 saturated heterocycles. The Morgan fingerprint density at radius 1 is 0.410 bits per heavy atom. The Labute approximate surface area is 241 Å². The Bertz CT molecular complexity index is 562. The molecule has 39 heavy (non-hydrogen) atoms. The molecule has 0 amide bonds. The molecule has 0 bridgehead atoms. The largest absolute Gasteiger partial charge is 0.483 e. The van der Waals surface area contributed by atoms with Crippen LogP contribution in [0.3, 0.4) is 0 Å². The molecule has 0 spiro atoms. The van der Waals surface area contributed by atoms with Gasteiger partial charge < -0.3 is 9.79 Å². The van der Waals surface area contributed by atoms with Crippen LogP contribution in [0, 0.1) is 0 Å². The second-order valence-corrected chi connectivity index (χ2v) is 14.2. The predicted octanol–water partition coefficient (Wildman–Crippen LogP) is 11.4. The Hall–Kier alpha value is 0.260. The zero-order chi connectivity index (χ0) is 28.9. The normalized spacial score (nSPS) is 12.4. The third-order valence-electron chi connectivity index (χ3n) is 7.20. The number of hydrogen-bond acceptors (Lipinski definition) is 5. The van der Waals surface area contributed by atoms with Gasteiger partial charge >= 0.3 is 15.6 Å². The van der Waals surface area contributed by atoms with Crippen molar-refractivity contribution >= 4 is 15.6 Å². The summed E-state index contributed by atoms with van der Waals surface area (Å²) in [6.45, 7) is 4.70. The van der Waals surface area contributed by atoms with Crippen LogP contribution in [0.25, 0.3) is 0 Å². The molecule has 0 aliphatic heterocycles. The van der Waals surface area contributed by atoms with Crippen molar-refractivity contribution in [2.75, 3.05) is 13.2 Å². The maximum Gasteiger partial charge on any atom is 0.483 e. The van der Waals surface area contributed by atoms with Crippen LogP contribution in [0.1, 0.15) is 181 Å². The molecule has 0 aromatic heterocycles. The van der Waals surface area contributed by atoms with Crippen molar-refractivity contribution in [1.29, 1.82) is 0 Å². The molecular weight excluding hydrogens is 534 g/mol. The first-order valence-electron chi connectivity index (χ1n) is 16.5. The molecule has 9 heteroatoms. The van der Waals surface area contributed by atoms with Gasteiger partial charge in [-0.2, -0.15) is 4.31 Å². The lowest BCUT2D eigenvalue weighted by Gasteiger charge is -2.18. The summed E-state index contributed by atoms with van der Waals surface area (Å²) < 4.78 is 38.9. The van der Waals surface area contributed by atoms with Gasteiger partial charge in [0.1, 0.15) is 0 Å². The Balaban J connectivity index is 3.78. The Morgan fingerprint density at radius 2 is 0.641 bits per heavy atom. The number of unbranched alkanes of at least 4 members (excludes halogenated alkanes) is 24. The lowest BCUT2D eigenvalue weighted by molar-refractivity contribution is 0.136. The zero-order valence-corrected chi connectivity index (χ0v) is 27.4. The molecule has 0 heterocycles. The molecule has 0 unspecified atom stereocenters. The van der Waals surface area contributed by atoms with Crippen molar-refractivity contribution in [2.45, 2.75) is 181 Å². The molecule has 0 saturated carbocycles. The highest BCUT2D eigenvalue weighted by Crippen LogP contribution is 2.61. The van der Waals surface area contributed by atoms with E-state index in [1.54, 1.807) is 0 Å². The molecule has 0 atom stereocenters. The van der Waals surface area contributed by atoms with Crippen molar-refractivity contribution in [2.24, 2.45) is 0 Å². The molecule has 236 valence electrons. The fraction of sp³-hybridized carbons (Fsp3) is 1.00. The highest BCUT2D eigenvalue weighted by atomic mass is 31.3. The summed E-state index contributed by atoms with van der Waals surface area (Å²) in [5.74, 6) is 0. The topological polar surface area (TPSA) is 102 Å². The van der Waals surface area contributed by atoms with Gasteiger partial charge in [0.2, 0.25) is 0 Å². The first kappa shape index (κ1) is 39.3. The molecule has 0 aromatic carbocycles. The van der Waals surface area contributed by atoms with Gasteiger partial charge in [0.05, 0.1) is 13.2 Å². The molecule has 0 radical (unpaired) electrons. The van der Waals surface area contributed by atoms with Crippen LogP contribution < -0.4 is 0 Å². The lowest BCUT2D eigenvalue weighted by atomic mass is 10.0. The minimum Gasteiger partial charge on any atom is -0.302 e. The van der Waals surface area contributed by atoms with Crippen molar-refractivity contribution in [3.05, 3.63) is 0 Å². The molecule has 0 aromatic rings. The molecular formula is C30H64O7P2. The van der Waals surface area contributed by atoms with Gasteiger partial charge in [-0.05, 0) is 12.8 Å². The van der Waals surface area contributed by atoms with Crippen LogP contribution in [-0.2, 0) is 22.5 Å². The highest BCUT2D eigenvalue weighted by Gasteiger charge is 2.35. The summed E-state index contributed by atoms with van der Waals surface area (Å²) in [5.41, 5.74) is 0. The maximum atomic E-state index is 12.7. The SMILES string of the molecule is CCCCCCCCCCCCCCCOP(=O)(OCCCCCCCCCCCCCCC)OP(=O)(O)O. The van der Waals surface area contributed by atoms with E-state index >= 15 is 0 Å².